The summed E-state index contributed by atoms with van der Waals surface area (Å²) in [6.07, 6.45) is 5.85. The molecule has 5 nitrogen and oxygen atoms in total. The first-order valence-electron chi connectivity index (χ1n) is 7.36. The van der Waals surface area contributed by atoms with Crippen molar-refractivity contribution in [3.63, 3.8) is 0 Å². The van der Waals surface area contributed by atoms with Gasteiger partial charge in [-0.25, -0.2) is 4.79 Å². The number of nitrogens with one attached hydrogen (secondary N) is 1. The number of urea groups is 1. The molecule has 0 bridgehead atoms. The summed E-state index contributed by atoms with van der Waals surface area (Å²) in [7, 11) is 0. The van der Waals surface area contributed by atoms with Gasteiger partial charge in [0.05, 0.1) is 5.92 Å². The first kappa shape index (κ1) is 14.2. The van der Waals surface area contributed by atoms with Crippen LogP contribution in [-0.4, -0.2) is 41.1 Å². The largest absolute Gasteiger partial charge is 0.481 e. The number of likely N-dealkylation sites (tertiary alicyclic amines) is 1. The number of hydrogen-bond donors (Lipinski definition) is 2. The second kappa shape index (κ2) is 6.26. The Morgan fingerprint density at radius 1 is 1.11 bits per heavy atom. The Labute approximate surface area is 114 Å². The minimum Gasteiger partial charge on any atom is -0.481 e. The van der Waals surface area contributed by atoms with Crippen LogP contribution in [0.2, 0.25) is 0 Å². The van der Waals surface area contributed by atoms with Crippen molar-refractivity contribution in [3.8, 4) is 0 Å². The lowest BCUT2D eigenvalue weighted by Gasteiger charge is -2.34. The summed E-state index contributed by atoms with van der Waals surface area (Å²) in [4.78, 5) is 24.8. The number of rotatable bonds is 2. The third kappa shape index (κ3) is 3.61. The fraction of sp³-hybridized carbons (Fsp3) is 0.857. The number of piperidine rings is 1. The number of carboxylic acid groups (broad SMARTS) is 1. The lowest BCUT2D eigenvalue weighted by molar-refractivity contribution is -0.143. The third-order valence-corrected chi connectivity index (χ3v) is 4.55. The van der Waals surface area contributed by atoms with Crippen molar-refractivity contribution in [2.45, 2.75) is 51.5 Å². The van der Waals surface area contributed by atoms with Crippen LogP contribution in [0.15, 0.2) is 0 Å². The summed E-state index contributed by atoms with van der Waals surface area (Å²) < 4.78 is 0. The molecule has 1 saturated carbocycles. The van der Waals surface area contributed by atoms with E-state index in [2.05, 4.69) is 12.2 Å². The molecule has 2 rings (SSSR count). The minimum atomic E-state index is -0.735. The van der Waals surface area contributed by atoms with Crippen LogP contribution in [0.1, 0.15) is 45.4 Å². The number of carbonyl (C=O) groups excluding carboxylic acids is 1. The van der Waals surface area contributed by atoms with Crippen LogP contribution >= 0.6 is 0 Å². The Morgan fingerprint density at radius 3 is 2.32 bits per heavy atom. The summed E-state index contributed by atoms with van der Waals surface area (Å²) in [6.45, 7) is 3.31. The van der Waals surface area contributed by atoms with Crippen LogP contribution in [0.3, 0.4) is 0 Å². The molecule has 2 amide bonds. The molecule has 0 aromatic heterocycles. The molecule has 2 aliphatic rings. The van der Waals surface area contributed by atoms with E-state index in [1.165, 1.54) is 19.3 Å². The summed E-state index contributed by atoms with van der Waals surface area (Å²) >= 11 is 0. The van der Waals surface area contributed by atoms with E-state index < -0.39 is 5.97 Å². The van der Waals surface area contributed by atoms with Crippen LogP contribution < -0.4 is 5.32 Å². The van der Waals surface area contributed by atoms with Gasteiger partial charge in [0.1, 0.15) is 0 Å². The molecule has 1 aliphatic heterocycles. The SMILES string of the molecule is CC1CCCCC1NC(=O)N1CCC(C(=O)O)CC1. The standard InChI is InChI=1S/C14H24N2O3/c1-10-4-2-3-5-12(10)15-14(19)16-8-6-11(7-9-16)13(17)18/h10-12H,2-9H2,1H3,(H,15,19)(H,17,18). The van der Waals surface area contributed by atoms with E-state index in [1.54, 1.807) is 4.90 Å². The molecule has 1 saturated heterocycles. The van der Waals surface area contributed by atoms with Crippen molar-refractivity contribution in [1.29, 1.82) is 0 Å². The van der Waals surface area contributed by atoms with Crippen molar-refractivity contribution in [3.05, 3.63) is 0 Å². The van der Waals surface area contributed by atoms with Gasteiger partial charge < -0.3 is 15.3 Å². The maximum absolute atomic E-state index is 12.2. The van der Waals surface area contributed by atoms with E-state index in [0.29, 0.717) is 37.9 Å². The van der Waals surface area contributed by atoms with E-state index >= 15 is 0 Å². The normalized spacial score (nSPS) is 29.0. The molecule has 1 aliphatic carbocycles. The highest BCUT2D eigenvalue weighted by atomic mass is 16.4. The van der Waals surface area contributed by atoms with Gasteiger partial charge in [-0.1, -0.05) is 19.8 Å². The van der Waals surface area contributed by atoms with E-state index in [1.807, 2.05) is 0 Å². The van der Waals surface area contributed by atoms with Gasteiger partial charge in [0, 0.05) is 19.1 Å². The predicted octanol–water partition coefficient (Wildman–Crippen LogP) is 2.07. The maximum Gasteiger partial charge on any atom is 0.317 e. The molecule has 2 atom stereocenters. The zero-order valence-corrected chi connectivity index (χ0v) is 11.6. The molecule has 1 heterocycles. The lowest BCUT2D eigenvalue weighted by atomic mass is 9.86. The van der Waals surface area contributed by atoms with Gasteiger partial charge >= 0.3 is 12.0 Å². The predicted molar refractivity (Wildman–Crippen MR) is 71.9 cm³/mol. The van der Waals surface area contributed by atoms with E-state index in [0.717, 1.165) is 6.42 Å². The number of carbonyl (C=O) groups is 2. The number of carboxylic acids is 1. The molecule has 19 heavy (non-hydrogen) atoms. The minimum absolute atomic E-state index is 0.0115. The topological polar surface area (TPSA) is 69.6 Å². The second-order valence-corrected chi connectivity index (χ2v) is 5.92. The Bertz CT molecular complexity index is 338. The van der Waals surface area contributed by atoms with E-state index in [9.17, 15) is 9.59 Å². The van der Waals surface area contributed by atoms with Crippen LogP contribution in [-0.2, 0) is 4.79 Å². The number of aliphatic carboxylic acids is 1. The van der Waals surface area contributed by atoms with Crippen LogP contribution in [0.4, 0.5) is 4.79 Å². The third-order valence-electron chi connectivity index (χ3n) is 4.55. The average molecular weight is 268 g/mol. The molecule has 0 spiro atoms. The number of amides is 2. The van der Waals surface area contributed by atoms with Gasteiger partial charge in [0.2, 0.25) is 0 Å². The van der Waals surface area contributed by atoms with E-state index in [4.69, 9.17) is 5.11 Å². The van der Waals surface area contributed by atoms with Gasteiger partial charge in [-0.2, -0.15) is 0 Å². The van der Waals surface area contributed by atoms with Crippen molar-refractivity contribution >= 4 is 12.0 Å². The van der Waals surface area contributed by atoms with Gasteiger partial charge in [-0.15, -0.1) is 0 Å². The van der Waals surface area contributed by atoms with E-state index in [-0.39, 0.29) is 11.9 Å². The second-order valence-electron chi connectivity index (χ2n) is 5.92. The van der Waals surface area contributed by atoms with Crippen molar-refractivity contribution < 1.29 is 14.7 Å². The fourth-order valence-corrected chi connectivity index (χ4v) is 3.11. The molecule has 2 unspecified atom stereocenters. The zero-order chi connectivity index (χ0) is 13.8. The van der Waals surface area contributed by atoms with Crippen LogP contribution in [0, 0.1) is 11.8 Å². The highest BCUT2D eigenvalue weighted by Gasteiger charge is 2.29. The Kier molecular flexibility index (Phi) is 4.66. The Balaban J connectivity index is 1.79. The molecule has 0 radical (unpaired) electrons. The number of hydrogen-bond acceptors (Lipinski definition) is 2. The average Bonchev–Trinajstić information content (AvgIpc) is 2.41. The fourth-order valence-electron chi connectivity index (χ4n) is 3.11. The van der Waals surface area contributed by atoms with Crippen LogP contribution in [0.5, 0.6) is 0 Å². The summed E-state index contributed by atoms with van der Waals surface area (Å²) in [5.74, 6) is -0.465. The maximum atomic E-state index is 12.2. The van der Waals surface area contributed by atoms with Gasteiger partial charge in [-0.05, 0) is 31.6 Å². The monoisotopic (exact) mass is 268 g/mol. The molecular formula is C14H24N2O3. The Morgan fingerprint density at radius 2 is 1.74 bits per heavy atom. The van der Waals surface area contributed by atoms with Crippen molar-refractivity contribution in [1.82, 2.24) is 10.2 Å². The quantitative estimate of drug-likeness (QED) is 0.805. The molecular weight excluding hydrogens is 244 g/mol. The molecule has 0 aromatic rings. The van der Waals surface area contributed by atoms with Gasteiger partial charge in [-0.3, -0.25) is 4.79 Å². The first-order valence-corrected chi connectivity index (χ1v) is 7.36. The summed E-state index contributed by atoms with van der Waals surface area (Å²) in [6, 6.07) is 0.279. The summed E-state index contributed by atoms with van der Waals surface area (Å²) in [5, 5.41) is 12.1. The van der Waals surface area contributed by atoms with Crippen molar-refractivity contribution in [2.24, 2.45) is 11.8 Å². The lowest BCUT2D eigenvalue weighted by Crippen LogP contribution is -2.50. The summed E-state index contributed by atoms with van der Waals surface area (Å²) in [5.41, 5.74) is 0. The molecule has 2 fully saturated rings. The van der Waals surface area contributed by atoms with Gasteiger partial charge in [0.15, 0.2) is 0 Å². The molecule has 5 heteroatoms. The first-order chi connectivity index (χ1) is 9.08. The van der Waals surface area contributed by atoms with Crippen LogP contribution in [0.25, 0.3) is 0 Å². The highest BCUT2D eigenvalue weighted by Crippen LogP contribution is 2.24. The molecule has 2 N–H and O–H groups in total. The Hall–Kier alpha value is -1.26. The molecule has 0 aromatic carbocycles. The smallest absolute Gasteiger partial charge is 0.317 e. The number of nitrogens with zero attached hydrogens (tertiary/aromatic N) is 1. The molecule has 108 valence electrons. The highest BCUT2D eigenvalue weighted by molar-refractivity contribution is 5.75. The van der Waals surface area contributed by atoms with Gasteiger partial charge in [0.25, 0.3) is 0 Å². The zero-order valence-electron chi connectivity index (χ0n) is 11.6. The van der Waals surface area contributed by atoms with Crippen molar-refractivity contribution in [2.75, 3.05) is 13.1 Å².